The van der Waals surface area contributed by atoms with Gasteiger partial charge in [-0.3, -0.25) is 18.7 Å². The minimum absolute atomic E-state index is 0.0106. The molecule has 9 heteroatoms. The Morgan fingerprint density at radius 3 is 2.63 bits per heavy atom. The van der Waals surface area contributed by atoms with Crippen LogP contribution in [0.4, 0.5) is 0 Å². The van der Waals surface area contributed by atoms with Crippen LogP contribution in [0.15, 0.2) is 68.1 Å². The van der Waals surface area contributed by atoms with E-state index in [4.69, 9.17) is 16.0 Å². The highest BCUT2D eigenvalue weighted by atomic mass is 35.5. The van der Waals surface area contributed by atoms with Crippen molar-refractivity contribution in [2.24, 2.45) is 0 Å². The quantitative estimate of drug-likeness (QED) is 0.476. The first-order valence-electron chi connectivity index (χ1n) is 9.27. The molecule has 7 nitrogen and oxygen atoms in total. The molecule has 4 rings (SSSR count). The summed E-state index contributed by atoms with van der Waals surface area (Å²) in [6.45, 7) is 0.260. The van der Waals surface area contributed by atoms with Gasteiger partial charge in [0.2, 0.25) is 5.91 Å². The molecule has 3 aromatic heterocycles. The zero-order chi connectivity index (χ0) is 21.1. The Labute approximate surface area is 180 Å². The average Bonchev–Trinajstić information content (AvgIpc) is 3.42. The largest absolute Gasteiger partial charge is 0.467 e. The van der Waals surface area contributed by atoms with Crippen LogP contribution in [0.25, 0.3) is 10.2 Å². The van der Waals surface area contributed by atoms with Crippen LogP contribution in [0.3, 0.4) is 0 Å². The first-order valence-corrected chi connectivity index (χ1v) is 10.5. The monoisotopic (exact) mass is 443 g/mol. The standard InChI is InChI=1S/C21H18ClN3O4S/c22-15-5-3-14(4-6-15)7-9-23-18(26)13-24-17-8-11-30-19(17)20(27)25(21(24)28)12-16-2-1-10-29-16/h1-6,8,10-11H,7,9,12-13H2,(H,23,26). The Balaban J connectivity index is 1.53. The number of nitrogens with zero attached hydrogens (tertiary/aromatic N) is 2. The molecule has 0 radical (unpaired) electrons. The van der Waals surface area contributed by atoms with E-state index in [9.17, 15) is 14.4 Å². The second-order valence-electron chi connectivity index (χ2n) is 6.70. The molecule has 0 unspecified atom stereocenters. The van der Waals surface area contributed by atoms with E-state index in [0.29, 0.717) is 34.0 Å². The molecule has 0 atom stereocenters. The molecule has 4 aromatic rings. The minimum atomic E-state index is -0.546. The molecule has 1 amide bonds. The molecule has 0 bridgehead atoms. The number of benzene rings is 1. The lowest BCUT2D eigenvalue weighted by Gasteiger charge is -2.12. The predicted molar refractivity (Wildman–Crippen MR) is 116 cm³/mol. The molecule has 30 heavy (non-hydrogen) atoms. The lowest BCUT2D eigenvalue weighted by atomic mass is 10.1. The molecular weight excluding hydrogens is 426 g/mol. The number of rotatable bonds is 7. The summed E-state index contributed by atoms with van der Waals surface area (Å²) in [5.74, 6) is 0.186. The number of halogens is 1. The predicted octanol–water partition coefficient (Wildman–Crippen LogP) is 2.88. The number of hydrogen-bond donors (Lipinski definition) is 1. The summed E-state index contributed by atoms with van der Waals surface area (Å²) in [4.78, 5) is 38.2. The first-order chi connectivity index (χ1) is 14.5. The lowest BCUT2D eigenvalue weighted by molar-refractivity contribution is -0.121. The summed E-state index contributed by atoms with van der Waals surface area (Å²) in [6.07, 6.45) is 2.13. The van der Waals surface area contributed by atoms with E-state index in [1.165, 1.54) is 22.2 Å². The topological polar surface area (TPSA) is 86.2 Å². The molecule has 0 spiro atoms. The fourth-order valence-corrected chi connectivity index (χ4v) is 4.15. The van der Waals surface area contributed by atoms with Crippen LogP contribution >= 0.6 is 22.9 Å². The van der Waals surface area contributed by atoms with Crippen LogP contribution in [-0.2, 0) is 24.3 Å². The second kappa shape index (κ2) is 8.73. The normalized spacial score (nSPS) is 11.1. The van der Waals surface area contributed by atoms with Gasteiger partial charge in [-0.25, -0.2) is 4.79 Å². The van der Waals surface area contributed by atoms with Crippen molar-refractivity contribution >= 4 is 39.1 Å². The number of hydrogen-bond acceptors (Lipinski definition) is 5. The molecule has 0 aliphatic heterocycles. The zero-order valence-corrected chi connectivity index (χ0v) is 17.4. The highest BCUT2D eigenvalue weighted by Gasteiger charge is 2.17. The van der Waals surface area contributed by atoms with Crippen molar-refractivity contribution in [3.8, 4) is 0 Å². The lowest BCUT2D eigenvalue weighted by Crippen LogP contribution is -2.42. The SMILES string of the molecule is O=C(Cn1c(=O)n(Cc2ccco2)c(=O)c2sccc21)NCCc1ccc(Cl)cc1. The highest BCUT2D eigenvalue weighted by molar-refractivity contribution is 7.17. The molecule has 1 N–H and O–H groups in total. The number of furan rings is 1. The Hall–Kier alpha value is -3.10. The summed E-state index contributed by atoms with van der Waals surface area (Å²) in [5, 5.41) is 5.22. The van der Waals surface area contributed by atoms with Gasteiger partial charge in [-0.15, -0.1) is 11.3 Å². The minimum Gasteiger partial charge on any atom is -0.467 e. The molecule has 0 aliphatic rings. The van der Waals surface area contributed by atoms with Gasteiger partial charge in [-0.05, 0) is 47.7 Å². The van der Waals surface area contributed by atoms with Gasteiger partial charge in [-0.2, -0.15) is 0 Å². The van der Waals surface area contributed by atoms with Gasteiger partial charge in [0, 0.05) is 11.6 Å². The number of carbonyl (C=O) groups is 1. The summed E-state index contributed by atoms with van der Waals surface area (Å²) in [7, 11) is 0. The van der Waals surface area contributed by atoms with E-state index in [2.05, 4.69) is 5.32 Å². The van der Waals surface area contributed by atoms with Crippen LogP contribution < -0.4 is 16.6 Å². The van der Waals surface area contributed by atoms with Crippen LogP contribution in [-0.4, -0.2) is 21.6 Å². The van der Waals surface area contributed by atoms with Crippen LogP contribution in [0.2, 0.25) is 5.02 Å². The van der Waals surface area contributed by atoms with Crippen molar-refractivity contribution in [3.63, 3.8) is 0 Å². The fourth-order valence-electron chi connectivity index (χ4n) is 3.18. The maximum absolute atomic E-state index is 13.0. The van der Waals surface area contributed by atoms with E-state index in [-0.39, 0.29) is 24.6 Å². The van der Waals surface area contributed by atoms with Gasteiger partial charge in [0.1, 0.15) is 17.0 Å². The smallest absolute Gasteiger partial charge is 0.332 e. The molecule has 1 aromatic carbocycles. The van der Waals surface area contributed by atoms with Crippen molar-refractivity contribution in [2.75, 3.05) is 6.54 Å². The zero-order valence-electron chi connectivity index (χ0n) is 15.8. The van der Waals surface area contributed by atoms with Crippen molar-refractivity contribution in [1.29, 1.82) is 0 Å². The second-order valence-corrected chi connectivity index (χ2v) is 8.05. The third-order valence-corrected chi connectivity index (χ3v) is 5.82. The summed E-state index contributed by atoms with van der Waals surface area (Å²) in [5.41, 5.74) is 0.568. The van der Waals surface area contributed by atoms with Gasteiger partial charge in [0.15, 0.2) is 0 Å². The number of aromatic nitrogens is 2. The van der Waals surface area contributed by atoms with Crippen molar-refractivity contribution < 1.29 is 9.21 Å². The highest BCUT2D eigenvalue weighted by Crippen LogP contribution is 2.15. The Kier molecular flexibility index (Phi) is 5.87. The third kappa shape index (κ3) is 4.24. The molecule has 3 heterocycles. The summed E-state index contributed by atoms with van der Waals surface area (Å²) in [6, 6.07) is 12.5. The number of fused-ring (bicyclic) bond motifs is 1. The molecule has 0 saturated carbocycles. The fraction of sp³-hybridized carbons (Fsp3) is 0.190. The van der Waals surface area contributed by atoms with Gasteiger partial charge in [0.05, 0.1) is 18.3 Å². The Bertz CT molecular complexity index is 1290. The Morgan fingerprint density at radius 2 is 1.90 bits per heavy atom. The maximum atomic E-state index is 13.0. The third-order valence-electron chi connectivity index (χ3n) is 4.68. The average molecular weight is 444 g/mol. The number of amides is 1. The van der Waals surface area contributed by atoms with E-state index < -0.39 is 5.69 Å². The van der Waals surface area contributed by atoms with Crippen molar-refractivity contribution in [3.05, 3.63) is 91.3 Å². The van der Waals surface area contributed by atoms with Gasteiger partial charge < -0.3 is 9.73 Å². The number of thiophene rings is 1. The first kappa shape index (κ1) is 20.2. The van der Waals surface area contributed by atoms with Crippen molar-refractivity contribution in [2.45, 2.75) is 19.5 Å². The van der Waals surface area contributed by atoms with Crippen LogP contribution in [0.1, 0.15) is 11.3 Å². The van der Waals surface area contributed by atoms with E-state index in [1.807, 2.05) is 12.1 Å². The van der Waals surface area contributed by atoms with E-state index in [0.717, 1.165) is 10.1 Å². The summed E-state index contributed by atoms with van der Waals surface area (Å²) >= 11 is 7.12. The van der Waals surface area contributed by atoms with Crippen molar-refractivity contribution in [1.82, 2.24) is 14.5 Å². The Morgan fingerprint density at radius 1 is 1.10 bits per heavy atom. The molecule has 154 valence electrons. The number of nitrogens with one attached hydrogen (secondary N) is 1. The maximum Gasteiger partial charge on any atom is 0.332 e. The number of carbonyl (C=O) groups excluding carboxylic acids is 1. The molecule has 0 saturated heterocycles. The van der Waals surface area contributed by atoms with Gasteiger partial charge >= 0.3 is 5.69 Å². The van der Waals surface area contributed by atoms with E-state index >= 15 is 0 Å². The van der Waals surface area contributed by atoms with Gasteiger partial charge in [-0.1, -0.05) is 23.7 Å². The van der Waals surface area contributed by atoms with Crippen LogP contribution in [0.5, 0.6) is 0 Å². The molecule has 0 fully saturated rings. The summed E-state index contributed by atoms with van der Waals surface area (Å²) < 4.78 is 8.12. The van der Waals surface area contributed by atoms with E-state index in [1.54, 1.807) is 35.7 Å². The van der Waals surface area contributed by atoms with Gasteiger partial charge in [0.25, 0.3) is 5.56 Å². The molecular formula is C21H18ClN3O4S. The molecule has 0 aliphatic carbocycles. The van der Waals surface area contributed by atoms with Crippen LogP contribution in [0, 0.1) is 0 Å².